The van der Waals surface area contributed by atoms with Gasteiger partial charge < -0.3 is 9.84 Å². The summed E-state index contributed by atoms with van der Waals surface area (Å²) in [5.74, 6) is 0.279. The first-order valence-corrected chi connectivity index (χ1v) is 10.5. The number of carbonyl (C=O) groups is 1. The van der Waals surface area contributed by atoms with Crippen LogP contribution in [-0.2, 0) is 0 Å². The van der Waals surface area contributed by atoms with Crippen LogP contribution >= 0.6 is 23.2 Å². The Morgan fingerprint density at radius 1 is 0.875 bits per heavy atom. The molecule has 0 bridgehead atoms. The van der Waals surface area contributed by atoms with Crippen LogP contribution in [0.3, 0.4) is 0 Å². The summed E-state index contributed by atoms with van der Waals surface area (Å²) in [4.78, 5) is 17.1. The lowest BCUT2D eigenvalue weighted by Crippen LogP contribution is -2.12. The first kappa shape index (κ1) is 20.2. The van der Waals surface area contributed by atoms with Crippen LogP contribution in [-0.4, -0.2) is 16.0 Å². The van der Waals surface area contributed by atoms with Crippen LogP contribution in [0.15, 0.2) is 89.6 Å². The molecule has 0 aliphatic carbocycles. The van der Waals surface area contributed by atoms with Gasteiger partial charge in [-0.1, -0.05) is 64.8 Å². The van der Waals surface area contributed by atoms with E-state index in [-0.39, 0.29) is 5.91 Å². The maximum Gasteiger partial charge on any atom is 0.257 e. The maximum atomic E-state index is 12.8. The lowest BCUT2D eigenvalue weighted by molar-refractivity contribution is 0.102. The SMILES string of the molecule is O=C(Nc1cccc(-c2cc(-c3c(Cl)cccc3Cl)no2)c1)c1cnc2ccccc2c1. The molecule has 3 aromatic carbocycles. The fraction of sp³-hybridized carbons (Fsp3) is 0. The number of para-hydroxylation sites is 1. The van der Waals surface area contributed by atoms with Gasteiger partial charge in [-0.15, -0.1) is 0 Å². The normalized spacial score (nSPS) is 10.9. The predicted molar refractivity (Wildman–Crippen MR) is 127 cm³/mol. The first-order valence-electron chi connectivity index (χ1n) is 9.76. The van der Waals surface area contributed by atoms with Gasteiger partial charge in [0.25, 0.3) is 5.91 Å². The van der Waals surface area contributed by atoms with Crippen molar-refractivity contribution in [1.82, 2.24) is 10.1 Å². The number of nitrogens with one attached hydrogen (secondary N) is 1. The second-order valence-electron chi connectivity index (χ2n) is 7.12. The average Bonchev–Trinajstić information content (AvgIpc) is 3.28. The minimum absolute atomic E-state index is 0.249. The monoisotopic (exact) mass is 459 g/mol. The molecule has 1 N–H and O–H groups in total. The van der Waals surface area contributed by atoms with Crippen LogP contribution < -0.4 is 5.32 Å². The number of carbonyl (C=O) groups excluding carboxylic acids is 1. The molecule has 0 atom stereocenters. The van der Waals surface area contributed by atoms with Gasteiger partial charge in [0, 0.05) is 34.5 Å². The van der Waals surface area contributed by atoms with Gasteiger partial charge in [0.05, 0.1) is 21.1 Å². The number of amides is 1. The quantitative estimate of drug-likeness (QED) is 0.310. The number of nitrogens with zero attached hydrogens (tertiary/aromatic N) is 2. The molecule has 0 unspecified atom stereocenters. The summed E-state index contributed by atoms with van der Waals surface area (Å²) in [6.45, 7) is 0. The highest BCUT2D eigenvalue weighted by Gasteiger charge is 2.15. The van der Waals surface area contributed by atoms with Crippen LogP contribution in [0.5, 0.6) is 0 Å². The first-order chi connectivity index (χ1) is 15.6. The minimum atomic E-state index is -0.249. The third-order valence-corrected chi connectivity index (χ3v) is 5.62. The Kier molecular flexibility index (Phi) is 5.35. The van der Waals surface area contributed by atoms with E-state index in [0.717, 1.165) is 16.5 Å². The summed E-state index contributed by atoms with van der Waals surface area (Å²) in [7, 11) is 0. The number of hydrogen-bond acceptors (Lipinski definition) is 4. The number of hydrogen-bond donors (Lipinski definition) is 1. The van der Waals surface area contributed by atoms with E-state index < -0.39 is 0 Å². The van der Waals surface area contributed by atoms with Crippen molar-refractivity contribution in [1.29, 1.82) is 0 Å². The highest BCUT2D eigenvalue weighted by Crippen LogP contribution is 2.36. The molecular weight excluding hydrogens is 445 g/mol. The number of benzene rings is 3. The number of pyridine rings is 1. The summed E-state index contributed by atoms with van der Waals surface area (Å²) in [5.41, 5.74) is 3.83. The van der Waals surface area contributed by atoms with Crippen molar-refractivity contribution in [3.05, 3.63) is 101 Å². The number of anilines is 1. The van der Waals surface area contributed by atoms with Crippen molar-refractivity contribution in [2.24, 2.45) is 0 Å². The van der Waals surface area contributed by atoms with Crippen molar-refractivity contribution in [3.63, 3.8) is 0 Å². The molecule has 0 spiro atoms. The predicted octanol–water partition coefficient (Wildman–Crippen LogP) is 7.12. The van der Waals surface area contributed by atoms with E-state index in [9.17, 15) is 4.79 Å². The fourth-order valence-electron chi connectivity index (χ4n) is 3.42. The molecule has 0 saturated heterocycles. The van der Waals surface area contributed by atoms with E-state index in [1.807, 2.05) is 48.5 Å². The highest BCUT2D eigenvalue weighted by atomic mass is 35.5. The Bertz CT molecular complexity index is 1440. The number of rotatable bonds is 4. The van der Waals surface area contributed by atoms with E-state index >= 15 is 0 Å². The molecule has 0 aliphatic rings. The second kappa shape index (κ2) is 8.46. The van der Waals surface area contributed by atoms with E-state index in [4.69, 9.17) is 27.7 Å². The molecule has 0 radical (unpaired) electrons. The molecule has 2 aromatic heterocycles. The molecule has 5 rings (SSSR count). The molecule has 5 aromatic rings. The van der Waals surface area contributed by atoms with Crippen LogP contribution in [0.1, 0.15) is 10.4 Å². The zero-order valence-corrected chi connectivity index (χ0v) is 18.1. The Morgan fingerprint density at radius 3 is 2.50 bits per heavy atom. The molecule has 7 heteroatoms. The van der Waals surface area contributed by atoms with Gasteiger partial charge >= 0.3 is 0 Å². The molecule has 0 fully saturated rings. The van der Waals surface area contributed by atoms with Gasteiger partial charge in [-0.05, 0) is 36.4 Å². The molecule has 156 valence electrons. The lowest BCUT2D eigenvalue weighted by Gasteiger charge is -2.07. The zero-order chi connectivity index (χ0) is 22.1. The average molecular weight is 460 g/mol. The van der Waals surface area contributed by atoms with Crippen molar-refractivity contribution < 1.29 is 9.32 Å². The lowest BCUT2D eigenvalue weighted by atomic mass is 10.1. The fourth-order valence-corrected chi connectivity index (χ4v) is 4.01. The van der Waals surface area contributed by atoms with E-state index in [0.29, 0.717) is 38.3 Å². The summed E-state index contributed by atoms with van der Waals surface area (Å²) < 4.78 is 5.52. The van der Waals surface area contributed by atoms with Crippen LogP contribution in [0.4, 0.5) is 5.69 Å². The zero-order valence-electron chi connectivity index (χ0n) is 16.5. The smallest absolute Gasteiger partial charge is 0.257 e. The number of aromatic nitrogens is 2. The van der Waals surface area contributed by atoms with E-state index in [2.05, 4.69) is 15.5 Å². The number of fused-ring (bicyclic) bond motifs is 1. The summed E-state index contributed by atoms with van der Waals surface area (Å²) in [6.07, 6.45) is 1.57. The van der Waals surface area contributed by atoms with E-state index in [1.54, 1.807) is 36.5 Å². The van der Waals surface area contributed by atoms with Crippen LogP contribution in [0.2, 0.25) is 10.0 Å². The third kappa shape index (κ3) is 3.96. The van der Waals surface area contributed by atoms with E-state index in [1.165, 1.54) is 0 Å². The van der Waals surface area contributed by atoms with Crippen molar-refractivity contribution >= 4 is 45.7 Å². The van der Waals surface area contributed by atoms with Gasteiger partial charge in [-0.2, -0.15) is 0 Å². The third-order valence-electron chi connectivity index (χ3n) is 4.99. The molecule has 0 aliphatic heterocycles. The summed E-state index contributed by atoms with van der Waals surface area (Å²) in [5, 5.41) is 8.90. The molecule has 1 amide bonds. The van der Waals surface area contributed by atoms with Crippen molar-refractivity contribution in [2.45, 2.75) is 0 Å². The highest BCUT2D eigenvalue weighted by molar-refractivity contribution is 6.39. The van der Waals surface area contributed by atoms with Gasteiger partial charge in [-0.25, -0.2) is 0 Å². The summed E-state index contributed by atoms with van der Waals surface area (Å²) in [6, 6.07) is 23.8. The van der Waals surface area contributed by atoms with Crippen LogP contribution in [0.25, 0.3) is 33.5 Å². The van der Waals surface area contributed by atoms with Crippen molar-refractivity contribution in [3.8, 4) is 22.6 Å². The van der Waals surface area contributed by atoms with Gasteiger partial charge in [0.2, 0.25) is 0 Å². The second-order valence-corrected chi connectivity index (χ2v) is 7.94. The Balaban J connectivity index is 1.40. The Labute approximate surface area is 193 Å². The Morgan fingerprint density at radius 2 is 1.66 bits per heavy atom. The molecule has 2 heterocycles. The minimum Gasteiger partial charge on any atom is -0.356 e. The van der Waals surface area contributed by atoms with Crippen LogP contribution in [0, 0.1) is 0 Å². The molecule has 32 heavy (non-hydrogen) atoms. The largest absolute Gasteiger partial charge is 0.356 e. The van der Waals surface area contributed by atoms with Crippen molar-refractivity contribution in [2.75, 3.05) is 5.32 Å². The topological polar surface area (TPSA) is 68.0 Å². The molecule has 0 saturated carbocycles. The van der Waals surface area contributed by atoms with Gasteiger partial charge in [0.1, 0.15) is 5.69 Å². The van der Waals surface area contributed by atoms with Gasteiger partial charge in [0.15, 0.2) is 5.76 Å². The molecular formula is C25H15Cl2N3O2. The maximum absolute atomic E-state index is 12.8. The Hall–Kier alpha value is -3.67. The standard InChI is InChI=1S/C25H15Cl2N3O2/c26-19-8-4-9-20(27)24(19)22-13-23(32-30-22)16-6-3-7-18(12-16)29-25(31)17-11-15-5-1-2-10-21(15)28-14-17/h1-14H,(H,29,31). The van der Waals surface area contributed by atoms with Gasteiger partial charge in [-0.3, -0.25) is 9.78 Å². The summed E-state index contributed by atoms with van der Waals surface area (Å²) >= 11 is 12.6. The molecule has 5 nitrogen and oxygen atoms in total. The number of halogens is 2.